The zero-order valence-electron chi connectivity index (χ0n) is 20.2. The Balaban J connectivity index is 1.90. The van der Waals surface area contributed by atoms with Gasteiger partial charge in [0.1, 0.15) is 11.6 Å². The number of hydrogen-bond acceptors (Lipinski definition) is 7. The predicted molar refractivity (Wildman–Crippen MR) is 131 cm³/mol. The van der Waals surface area contributed by atoms with Gasteiger partial charge in [-0.25, -0.2) is 4.98 Å². The summed E-state index contributed by atoms with van der Waals surface area (Å²) in [5.41, 5.74) is 7.78. The molecular weight excluding hydrogens is 418 g/mol. The molecule has 1 unspecified atom stereocenters. The number of unbranched alkanes of at least 4 members (excludes halogenated alkanes) is 1. The van der Waals surface area contributed by atoms with Crippen LogP contribution in [-0.4, -0.2) is 57.7 Å². The summed E-state index contributed by atoms with van der Waals surface area (Å²) < 4.78 is 0. The number of nitrogens with one attached hydrogen (secondary N) is 1. The molecule has 0 aliphatic carbocycles. The van der Waals surface area contributed by atoms with Crippen LogP contribution in [0.5, 0.6) is 5.75 Å². The molecule has 1 aliphatic rings. The summed E-state index contributed by atoms with van der Waals surface area (Å²) in [6.07, 6.45) is 4.12. The second-order valence-electron chi connectivity index (χ2n) is 9.38. The third-order valence-corrected chi connectivity index (χ3v) is 7.09. The first-order chi connectivity index (χ1) is 15.7. The fraction of sp³-hybridized carbons (Fsp3) is 0.560. The lowest BCUT2D eigenvalue weighted by molar-refractivity contribution is -0.146. The highest BCUT2D eigenvalue weighted by Gasteiger charge is 2.44. The van der Waals surface area contributed by atoms with Crippen LogP contribution in [0.3, 0.4) is 0 Å². The molecule has 180 valence electrons. The van der Waals surface area contributed by atoms with Gasteiger partial charge in [-0.3, -0.25) is 4.79 Å². The SMILES string of the molecule is CCCCNc1nc(N)nc(C)c1Cc1ccc(C(C)(C(=O)O)C2CCN(C)CC2)cc1O. The molecule has 8 nitrogen and oxygen atoms in total. The summed E-state index contributed by atoms with van der Waals surface area (Å²) in [5.74, 6) is 0.139. The maximum atomic E-state index is 12.4. The van der Waals surface area contributed by atoms with Crippen LogP contribution in [0.15, 0.2) is 18.2 Å². The summed E-state index contributed by atoms with van der Waals surface area (Å²) in [6.45, 7) is 8.32. The Kier molecular flexibility index (Phi) is 7.79. The van der Waals surface area contributed by atoms with Crippen molar-refractivity contribution in [3.63, 3.8) is 0 Å². The highest BCUT2D eigenvalue weighted by molar-refractivity contribution is 5.81. The first kappa shape index (κ1) is 24.8. The predicted octanol–water partition coefficient (Wildman–Crippen LogP) is 3.56. The number of phenols is 1. The van der Waals surface area contributed by atoms with E-state index in [2.05, 4.69) is 34.2 Å². The Morgan fingerprint density at radius 1 is 1.30 bits per heavy atom. The fourth-order valence-electron chi connectivity index (χ4n) is 4.71. The van der Waals surface area contributed by atoms with E-state index in [4.69, 9.17) is 5.73 Å². The van der Waals surface area contributed by atoms with E-state index < -0.39 is 11.4 Å². The Morgan fingerprint density at radius 2 is 2.00 bits per heavy atom. The number of carbonyl (C=O) groups is 1. The van der Waals surface area contributed by atoms with Gasteiger partial charge in [-0.2, -0.15) is 4.98 Å². The molecule has 1 atom stereocenters. The number of nitrogens with two attached hydrogens (primary N) is 1. The van der Waals surface area contributed by atoms with Crippen molar-refractivity contribution in [1.29, 1.82) is 0 Å². The molecule has 0 spiro atoms. The number of aromatic hydroxyl groups is 1. The summed E-state index contributed by atoms with van der Waals surface area (Å²) in [6, 6.07) is 5.30. The molecule has 1 aromatic carbocycles. The highest BCUT2D eigenvalue weighted by Crippen LogP contribution is 2.40. The number of nitrogen functional groups attached to an aromatic ring is 1. The van der Waals surface area contributed by atoms with Gasteiger partial charge in [-0.05, 0) is 76.4 Å². The number of rotatable bonds is 9. The van der Waals surface area contributed by atoms with Gasteiger partial charge in [-0.15, -0.1) is 0 Å². The quantitative estimate of drug-likeness (QED) is 0.423. The molecule has 2 heterocycles. The van der Waals surface area contributed by atoms with Crippen LogP contribution >= 0.6 is 0 Å². The zero-order valence-corrected chi connectivity index (χ0v) is 20.2. The number of hydrogen-bond donors (Lipinski definition) is 4. The van der Waals surface area contributed by atoms with E-state index in [1.54, 1.807) is 13.0 Å². The van der Waals surface area contributed by atoms with Gasteiger partial charge >= 0.3 is 5.97 Å². The van der Waals surface area contributed by atoms with Crippen molar-refractivity contribution in [2.24, 2.45) is 5.92 Å². The van der Waals surface area contributed by atoms with E-state index in [0.717, 1.165) is 56.6 Å². The number of aliphatic carboxylic acids is 1. The summed E-state index contributed by atoms with van der Waals surface area (Å²) in [4.78, 5) is 23.3. The number of benzene rings is 1. The maximum absolute atomic E-state index is 12.4. The number of phenolic OH excluding ortho intramolecular Hbond substituents is 1. The average molecular weight is 456 g/mol. The van der Waals surface area contributed by atoms with Crippen LogP contribution in [0.25, 0.3) is 0 Å². The Morgan fingerprint density at radius 3 is 2.61 bits per heavy atom. The second-order valence-corrected chi connectivity index (χ2v) is 9.38. The molecule has 0 bridgehead atoms. The number of nitrogens with zero attached hydrogens (tertiary/aromatic N) is 3. The molecule has 2 aromatic rings. The number of carboxylic acid groups (broad SMARTS) is 1. The molecule has 1 saturated heterocycles. The molecule has 33 heavy (non-hydrogen) atoms. The highest BCUT2D eigenvalue weighted by atomic mass is 16.4. The molecule has 1 fully saturated rings. The number of carboxylic acids is 1. The van der Waals surface area contributed by atoms with Gasteiger partial charge in [0.05, 0.1) is 5.41 Å². The lowest BCUT2D eigenvalue weighted by atomic mass is 9.68. The van der Waals surface area contributed by atoms with Gasteiger partial charge in [0.25, 0.3) is 0 Å². The van der Waals surface area contributed by atoms with Crippen molar-refractivity contribution >= 4 is 17.7 Å². The minimum absolute atomic E-state index is 0.0126. The molecule has 3 rings (SSSR count). The van der Waals surface area contributed by atoms with Gasteiger partial charge in [0.2, 0.25) is 5.95 Å². The summed E-state index contributed by atoms with van der Waals surface area (Å²) >= 11 is 0. The zero-order chi connectivity index (χ0) is 24.2. The van der Waals surface area contributed by atoms with Crippen molar-refractivity contribution in [2.75, 3.05) is 37.7 Å². The molecule has 8 heteroatoms. The number of aryl methyl sites for hydroxylation is 1. The van der Waals surface area contributed by atoms with Crippen LogP contribution in [0.2, 0.25) is 0 Å². The topological polar surface area (TPSA) is 125 Å². The molecule has 5 N–H and O–H groups in total. The fourth-order valence-corrected chi connectivity index (χ4v) is 4.71. The number of aromatic nitrogens is 2. The van der Waals surface area contributed by atoms with E-state index in [-0.39, 0.29) is 17.6 Å². The minimum Gasteiger partial charge on any atom is -0.508 e. The number of piperidine rings is 1. The van der Waals surface area contributed by atoms with E-state index in [1.165, 1.54) is 0 Å². The van der Waals surface area contributed by atoms with E-state index in [9.17, 15) is 15.0 Å². The molecule has 0 radical (unpaired) electrons. The number of likely N-dealkylation sites (tertiary alicyclic amines) is 1. The van der Waals surface area contributed by atoms with Crippen molar-refractivity contribution in [1.82, 2.24) is 14.9 Å². The Labute approximate surface area is 196 Å². The van der Waals surface area contributed by atoms with Gasteiger partial charge in [0.15, 0.2) is 0 Å². The average Bonchev–Trinajstić information content (AvgIpc) is 2.77. The molecule has 1 aromatic heterocycles. The normalized spacial score (nSPS) is 17.0. The third-order valence-electron chi connectivity index (χ3n) is 7.09. The van der Waals surface area contributed by atoms with Crippen LogP contribution < -0.4 is 11.1 Å². The lowest BCUT2D eigenvalue weighted by Crippen LogP contribution is -2.45. The molecule has 0 saturated carbocycles. The van der Waals surface area contributed by atoms with Crippen LogP contribution in [-0.2, 0) is 16.6 Å². The standard InChI is InChI=1S/C25H37N5O3/c1-5-6-11-27-22-20(16(2)28-24(26)29-22)14-17-7-8-19(15-21(17)31)25(3,23(32)33)18-9-12-30(4)13-10-18/h7-8,15,18,31H,5-6,9-14H2,1-4H3,(H,32,33)(H3,26,27,28,29). The lowest BCUT2D eigenvalue weighted by Gasteiger charge is -2.39. The van der Waals surface area contributed by atoms with Crippen LogP contribution in [0.1, 0.15) is 61.9 Å². The van der Waals surface area contributed by atoms with E-state index in [1.807, 2.05) is 19.1 Å². The van der Waals surface area contributed by atoms with E-state index >= 15 is 0 Å². The van der Waals surface area contributed by atoms with Crippen molar-refractivity contribution in [3.05, 3.63) is 40.6 Å². The molecular formula is C25H37N5O3. The van der Waals surface area contributed by atoms with Crippen LogP contribution in [0.4, 0.5) is 11.8 Å². The van der Waals surface area contributed by atoms with Gasteiger partial charge < -0.3 is 26.2 Å². The second kappa shape index (κ2) is 10.4. The third kappa shape index (κ3) is 5.38. The Bertz CT molecular complexity index is 988. The summed E-state index contributed by atoms with van der Waals surface area (Å²) in [5, 5.41) is 24.4. The first-order valence-electron chi connectivity index (χ1n) is 11.8. The Hall–Kier alpha value is -2.87. The van der Waals surface area contributed by atoms with Crippen molar-refractivity contribution in [2.45, 2.75) is 58.3 Å². The number of anilines is 2. The molecule has 0 amide bonds. The van der Waals surface area contributed by atoms with Gasteiger partial charge in [-0.1, -0.05) is 25.5 Å². The monoisotopic (exact) mass is 455 g/mol. The van der Waals surface area contributed by atoms with E-state index in [0.29, 0.717) is 23.4 Å². The van der Waals surface area contributed by atoms with Gasteiger partial charge in [0, 0.05) is 24.2 Å². The minimum atomic E-state index is -1.05. The van der Waals surface area contributed by atoms with Crippen molar-refractivity contribution < 1.29 is 15.0 Å². The largest absolute Gasteiger partial charge is 0.508 e. The maximum Gasteiger partial charge on any atom is 0.314 e. The van der Waals surface area contributed by atoms with Crippen molar-refractivity contribution in [3.8, 4) is 5.75 Å². The van der Waals surface area contributed by atoms with Crippen LogP contribution in [0, 0.1) is 12.8 Å². The molecule has 1 aliphatic heterocycles. The summed E-state index contributed by atoms with van der Waals surface area (Å²) in [7, 11) is 2.06. The first-order valence-corrected chi connectivity index (χ1v) is 11.8. The smallest absolute Gasteiger partial charge is 0.314 e.